The van der Waals surface area contributed by atoms with Gasteiger partial charge in [0.05, 0.1) is 5.69 Å². The van der Waals surface area contributed by atoms with Gasteiger partial charge in [-0.1, -0.05) is 41.9 Å². The molecule has 104 valence electrons. The summed E-state index contributed by atoms with van der Waals surface area (Å²) in [6.07, 6.45) is 0. The van der Waals surface area contributed by atoms with Crippen molar-refractivity contribution in [3.8, 4) is 5.75 Å². The minimum atomic E-state index is -0.463. The summed E-state index contributed by atoms with van der Waals surface area (Å²) in [5.74, 6) is 5.06. The molecule has 3 N–H and O–H groups in total. The van der Waals surface area contributed by atoms with Crippen LogP contribution in [-0.4, -0.2) is 10.9 Å². The Morgan fingerprint density at radius 3 is 2.75 bits per heavy atom. The molecule has 1 heterocycles. The van der Waals surface area contributed by atoms with Crippen molar-refractivity contribution >= 4 is 17.5 Å². The molecule has 5 nitrogen and oxygen atoms in total. The summed E-state index contributed by atoms with van der Waals surface area (Å²) < 4.78 is 5.67. The summed E-state index contributed by atoms with van der Waals surface area (Å²) in [6, 6.07) is 11.1. The van der Waals surface area contributed by atoms with Gasteiger partial charge in [0, 0.05) is 6.07 Å². The van der Waals surface area contributed by atoms with E-state index in [1.165, 1.54) is 6.07 Å². The number of nitrogen functional groups attached to an aromatic ring is 1. The van der Waals surface area contributed by atoms with E-state index in [1.807, 2.05) is 30.3 Å². The Bertz CT molecular complexity index is 617. The molecular formula is C14H14ClN3O2. The minimum absolute atomic E-state index is 0.263. The number of amides is 1. The first-order valence-corrected chi connectivity index (χ1v) is 6.34. The monoisotopic (exact) mass is 291 g/mol. The summed E-state index contributed by atoms with van der Waals surface area (Å²) in [6.45, 7) is 2.00. The first-order chi connectivity index (χ1) is 9.61. The van der Waals surface area contributed by atoms with Crippen molar-refractivity contribution in [3.63, 3.8) is 0 Å². The van der Waals surface area contributed by atoms with Gasteiger partial charge in [-0.3, -0.25) is 10.2 Å². The number of nitrogens with two attached hydrogens (primary N) is 1. The Kier molecular flexibility index (Phi) is 4.55. The quantitative estimate of drug-likeness (QED) is 0.392. The molecule has 20 heavy (non-hydrogen) atoms. The van der Waals surface area contributed by atoms with Crippen LogP contribution in [0.4, 0.5) is 0 Å². The topological polar surface area (TPSA) is 77.2 Å². The number of nitrogens with zero attached hydrogens (tertiary/aromatic N) is 1. The number of aromatic nitrogens is 1. The number of hydrazine groups is 1. The molecule has 1 amide bonds. The number of aryl methyl sites for hydroxylation is 1. The van der Waals surface area contributed by atoms with E-state index >= 15 is 0 Å². The smallest absolute Gasteiger partial charge is 0.270 e. The number of hydrogen-bond donors (Lipinski definition) is 2. The summed E-state index contributed by atoms with van der Waals surface area (Å²) in [5, 5.41) is 0.263. The van der Waals surface area contributed by atoms with Crippen LogP contribution in [0.1, 0.15) is 21.6 Å². The van der Waals surface area contributed by atoms with Gasteiger partial charge < -0.3 is 4.74 Å². The van der Waals surface area contributed by atoms with E-state index in [4.69, 9.17) is 22.2 Å². The van der Waals surface area contributed by atoms with Gasteiger partial charge in [-0.25, -0.2) is 10.8 Å². The van der Waals surface area contributed by atoms with Crippen molar-refractivity contribution in [2.24, 2.45) is 5.84 Å². The zero-order valence-electron chi connectivity index (χ0n) is 10.9. The van der Waals surface area contributed by atoms with Crippen LogP contribution >= 0.6 is 11.6 Å². The number of ether oxygens (including phenoxy) is 1. The van der Waals surface area contributed by atoms with Crippen LogP contribution in [0.5, 0.6) is 5.75 Å². The van der Waals surface area contributed by atoms with E-state index in [-0.39, 0.29) is 10.7 Å². The fraction of sp³-hybridized carbons (Fsp3) is 0.143. The van der Waals surface area contributed by atoms with Crippen molar-refractivity contribution in [1.82, 2.24) is 10.4 Å². The highest BCUT2D eigenvalue weighted by Crippen LogP contribution is 2.25. The Balaban J connectivity index is 2.28. The Hall–Kier alpha value is -2.11. The molecule has 0 spiro atoms. The number of carbonyl (C=O) groups excluding carboxylic acids is 1. The van der Waals surface area contributed by atoms with E-state index in [0.29, 0.717) is 18.1 Å². The predicted octanol–water partition coefficient (Wildman–Crippen LogP) is 2.23. The van der Waals surface area contributed by atoms with Gasteiger partial charge in [-0.2, -0.15) is 0 Å². The van der Waals surface area contributed by atoms with Crippen LogP contribution in [0.3, 0.4) is 0 Å². The van der Waals surface area contributed by atoms with Crippen molar-refractivity contribution in [1.29, 1.82) is 0 Å². The van der Waals surface area contributed by atoms with Gasteiger partial charge >= 0.3 is 0 Å². The van der Waals surface area contributed by atoms with Gasteiger partial charge in [-0.05, 0) is 12.5 Å². The third-order valence-corrected chi connectivity index (χ3v) is 2.92. The van der Waals surface area contributed by atoms with Crippen molar-refractivity contribution in [2.45, 2.75) is 13.5 Å². The molecule has 0 saturated carbocycles. The second kappa shape index (κ2) is 6.36. The highest BCUT2D eigenvalue weighted by atomic mass is 35.5. The lowest BCUT2D eigenvalue weighted by atomic mass is 10.1. The third kappa shape index (κ3) is 3.26. The molecule has 1 aromatic carbocycles. The SMILES string of the molecule is Cc1nc(Cl)cc(OCc2ccccc2)c1C(=O)NN. The van der Waals surface area contributed by atoms with Crippen LogP contribution in [-0.2, 0) is 6.61 Å². The zero-order valence-corrected chi connectivity index (χ0v) is 11.6. The number of benzene rings is 1. The summed E-state index contributed by atoms with van der Waals surface area (Å²) in [4.78, 5) is 15.8. The van der Waals surface area contributed by atoms with Crippen LogP contribution < -0.4 is 16.0 Å². The van der Waals surface area contributed by atoms with Crippen molar-refractivity contribution in [3.05, 3.63) is 58.4 Å². The van der Waals surface area contributed by atoms with Crippen molar-refractivity contribution in [2.75, 3.05) is 0 Å². The number of pyridine rings is 1. The van der Waals surface area contributed by atoms with Gasteiger partial charge in [0.15, 0.2) is 0 Å². The lowest BCUT2D eigenvalue weighted by Crippen LogP contribution is -2.31. The molecule has 2 rings (SSSR count). The summed E-state index contributed by atoms with van der Waals surface area (Å²) in [7, 11) is 0. The average Bonchev–Trinajstić information content (AvgIpc) is 2.45. The molecule has 0 radical (unpaired) electrons. The summed E-state index contributed by atoms with van der Waals surface area (Å²) in [5.41, 5.74) is 3.81. The summed E-state index contributed by atoms with van der Waals surface area (Å²) >= 11 is 5.90. The second-order valence-electron chi connectivity index (χ2n) is 4.15. The molecule has 0 saturated heterocycles. The molecule has 6 heteroatoms. The third-order valence-electron chi connectivity index (χ3n) is 2.73. The van der Waals surface area contributed by atoms with E-state index in [0.717, 1.165) is 5.56 Å². The number of hydrogen-bond acceptors (Lipinski definition) is 4. The second-order valence-corrected chi connectivity index (χ2v) is 4.54. The lowest BCUT2D eigenvalue weighted by Gasteiger charge is -2.13. The maximum Gasteiger partial charge on any atom is 0.270 e. The average molecular weight is 292 g/mol. The highest BCUT2D eigenvalue weighted by molar-refractivity contribution is 6.29. The van der Waals surface area contributed by atoms with Gasteiger partial charge in [0.25, 0.3) is 5.91 Å². The normalized spacial score (nSPS) is 10.2. The molecule has 0 fully saturated rings. The number of halogens is 1. The number of carbonyl (C=O) groups is 1. The molecule has 0 unspecified atom stereocenters. The van der Waals surface area contributed by atoms with Crippen LogP contribution in [0, 0.1) is 6.92 Å². The predicted molar refractivity (Wildman–Crippen MR) is 76.4 cm³/mol. The van der Waals surface area contributed by atoms with Crippen LogP contribution in [0.15, 0.2) is 36.4 Å². The lowest BCUT2D eigenvalue weighted by molar-refractivity contribution is 0.0948. The molecule has 0 atom stereocenters. The van der Waals surface area contributed by atoms with E-state index in [1.54, 1.807) is 6.92 Å². The van der Waals surface area contributed by atoms with E-state index < -0.39 is 5.91 Å². The van der Waals surface area contributed by atoms with Crippen molar-refractivity contribution < 1.29 is 9.53 Å². The molecule has 2 aromatic rings. The molecular weight excluding hydrogens is 278 g/mol. The molecule has 1 aromatic heterocycles. The zero-order chi connectivity index (χ0) is 14.5. The first kappa shape index (κ1) is 14.3. The van der Waals surface area contributed by atoms with Crippen LogP contribution in [0.25, 0.3) is 0 Å². The first-order valence-electron chi connectivity index (χ1n) is 5.96. The van der Waals surface area contributed by atoms with E-state index in [2.05, 4.69) is 10.4 Å². The maximum absolute atomic E-state index is 11.8. The Morgan fingerprint density at radius 1 is 1.40 bits per heavy atom. The Morgan fingerprint density at radius 2 is 2.10 bits per heavy atom. The van der Waals surface area contributed by atoms with Gasteiger partial charge in [0.2, 0.25) is 0 Å². The molecule has 0 bridgehead atoms. The molecule has 0 aliphatic rings. The fourth-order valence-electron chi connectivity index (χ4n) is 1.80. The minimum Gasteiger partial charge on any atom is -0.488 e. The molecule has 0 aliphatic heterocycles. The number of nitrogens with one attached hydrogen (secondary N) is 1. The van der Waals surface area contributed by atoms with Crippen LogP contribution in [0.2, 0.25) is 5.15 Å². The fourth-order valence-corrected chi connectivity index (χ4v) is 2.03. The highest BCUT2D eigenvalue weighted by Gasteiger charge is 2.17. The molecule has 0 aliphatic carbocycles. The maximum atomic E-state index is 11.8. The number of rotatable bonds is 4. The van der Waals surface area contributed by atoms with Gasteiger partial charge in [0.1, 0.15) is 23.1 Å². The Labute approximate surface area is 121 Å². The van der Waals surface area contributed by atoms with E-state index in [9.17, 15) is 4.79 Å². The standard InChI is InChI=1S/C14H14ClN3O2/c1-9-13(14(19)18-16)11(7-12(15)17-9)20-8-10-5-3-2-4-6-10/h2-7H,8,16H2,1H3,(H,18,19). The van der Waals surface area contributed by atoms with Gasteiger partial charge in [-0.15, -0.1) is 0 Å². The largest absolute Gasteiger partial charge is 0.488 e.